The van der Waals surface area contributed by atoms with Crippen LogP contribution < -0.4 is 10.6 Å². The van der Waals surface area contributed by atoms with Gasteiger partial charge in [-0.1, -0.05) is 48.5 Å². The molecule has 2 amide bonds. The van der Waals surface area contributed by atoms with E-state index in [4.69, 9.17) is 23.2 Å². The largest absolute Gasteiger partial charge is 0.323 e. The van der Waals surface area contributed by atoms with Crippen molar-refractivity contribution in [1.82, 2.24) is 5.32 Å². The summed E-state index contributed by atoms with van der Waals surface area (Å²) in [7, 11) is 0. The summed E-state index contributed by atoms with van der Waals surface area (Å²) in [6.07, 6.45) is 10.1. The van der Waals surface area contributed by atoms with Gasteiger partial charge in [0.1, 0.15) is 0 Å². The van der Waals surface area contributed by atoms with Crippen LogP contribution >= 0.6 is 23.2 Å². The first-order chi connectivity index (χ1) is 9.65. The SMILES string of the molecule is O=C(N/C=C/C1CCCCC1)Nc1ccc(Cl)c(Cl)c1. The Hall–Kier alpha value is -1.19. The van der Waals surface area contributed by atoms with Crippen molar-refractivity contribution in [3.63, 3.8) is 0 Å². The van der Waals surface area contributed by atoms with Gasteiger partial charge in [-0.3, -0.25) is 0 Å². The van der Waals surface area contributed by atoms with E-state index in [2.05, 4.69) is 16.7 Å². The van der Waals surface area contributed by atoms with Gasteiger partial charge in [0.2, 0.25) is 0 Å². The lowest BCUT2D eigenvalue weighted by Gasteiger charge is -2.17. The molecule has 0 spiro atoms. The standard InChI is InChI=1S/C15H18Cl2N2O/c16-13-7-6-12(10-14(13)17)19-15(20)18-9-8-11-4-2-1-3-5-11/h6-11H,1-5H2,(H2,18,19,20)/b9-8+. The minimum atomic E-state index is -0.282. The Morgan fingerprint density at radius 1 is 1.15 bits per heavy atom. The highest BCUT2D eigenvalue weighted by atomic mass is 35.5. The second-order valence-electron chi connectivity index (χ2n) is 4.98. The number of hydrogen-bond donors (Lipinski definition) is 2. The summed E-state index contributed by atoms with van der Waals surface area (Å²) in [4.78, 5) is 11.7. The van der Waals surface area contributed by atoms with Crippen molar-refractivity contribution in [3.8, 4) is 0 Å². The molecule has 20 heavy (non-hydrogen) atoms. The average Bonchev–Trinajstić information content (AvgIpc) is 2.44. The maximum atomic E-state index is 11.7. The van der Waals surface area contributed by atoms with Gasteiger partial charge in [-0.05, 0) is 37.0 Å². The zero-order chi connectivity index (χ0) is 14.4. The second-order valence-corrected chi connectivity index (χ2v) is 5.80. The summed E-state index contributed by atoms with van der Waals surface area (Å²) >= 11 is 11.7. The Kier molecular flexibility index (Phi) is 5.74. The fourth-order valence-electron chi connectivity index (χ4n) is 2.33. The van der Waals surface area contributed by atoms with E-state index in [-0.39, 0.29) is 6.03 Å². The highest BCUT2D eigenvalue weighted by Crippen LogP contribution is 2.25. The van der Waals surface area contributed by atoms with Crippen molar-refractivity contribution in [3.05, 3.63) is 40.5 Å². The lowest BCUT2D eigenvalue weighted by atomic mass is 9.89. The number of hydrogen-bond acceptors (Lipinski definition) is 1. The Bertz CT molecular complexity index is 497. The van der Waals surface area contributed by atoms with E-state index in [1.165, 1.54) is 32.1 Å². The summed E-state index contributed by atoms with van der Waals surface area (Å²) in [6.45, 7) is 0. The Morgan fingerprint density at radius 3 is 2.60 bits per heavy atom. The fourth-order valence-corrected chi connectivity index (χ4v) is 2.63. The number of halogens is 2. The third-order valence-corrected chi connectivity index (χ3v) is 4.15. The number of urea groups is 1. The highest BCUT2D eigenvalue weighted by molar-refractivity contribution is 6.42. The van der Waals surface area contributed by atoms with Crippen LogP contribution in [-0.4, -0.2) is 6.03 Å². The summed E-state index contributed by atoms with van der Waals surface area (Å²) in [6, 6.07) is 4.69. The molecule has 1 aliphatic carbocycles. The first-order valence-corrected chi connectivity index (χ1v) is 7.60. The molecule has 0 bridgehead atoms. The number of nitrogens with one attached hydrogen (secondary N) is 2. The number of amides is 2. The van der Waals surface area contributed by atoms with Gasteiger partial charge in [0.25, 0.3) is 0 Å². The third kappa shape index (κ3) is 4.73. The van der Waals surface area contributed by atoms with Gasteiger partial charge in [-0.2, -0.15) is 0 Å². The molecule has 1 aromatic carbocycles. The topological polar surface area (TPSA) is 41.1 Å². The van der Waals surface area contributed by atoms with E-state index in [0.29, 0.717) is 21.7 Å². The molecule has 1 saturated carbocycles. The molecular weight excluding hydrogens is 295 g/mol. The molecule has 1 fully saturated rings. The van der Waals surface area contributed by atoms with Gasteiger partial charge in [-0.15, -0.1) is 0 Å². The summed E-state index contributed by atoms with van der Waals surface area (Å²) < 4.78 is 0. The van der Waals surface area contributed by atoms with Gasteiger partial charge in [0, 0.05) is 11.9 Å². The van der Waals surface area contributed by atoms with Crippen LogP contribution in [0.2, 0.25) is 10.0 Å². The minimum absolute atomic E-state index is 0.282. The van der Waals surface area contributed by atoms with E-state index >= 15 is 0 Å². The summed E-state index contributed by atoms with van der Waals surface area (Å²) in [5, 5.41) is 6.30. The van der Waals surface area contributed by atoms with Crippen LogP contribution in [0.25, 0.3) is 0 Å². The minimum Gasteiger partial charge on any atom is -0.315 e. The van der Waals surface area contributed by atoms with E-state index < -0.39 is 0 Å². The van der Waals surface area contributed by atoms with Crippen LogP contribution in [0.5, 0.6) is 0 Å². The maximum absolute atomic E-state index is 11.7. The number of carbonyl (C=O) groups is 1. The van der Waals surface area contributed by atoms with Crippen molar-refractivity contribution >= 4 is 34.9 Å². The van der Waals surface area contributed by atoms with Crippen LogP contribution in [0.1, 0.15) is 32.1 Å². The molecule has 2 N–H and O–H groups in total. The van der Waals surface area contributed by atoms with Crippen LogP contribution in [0, 0.1) is 5.92 Å². The first-order valence-electron chi connectivity index (χ1n) is 6.84. The smallest absolute Gasteiger partial charge is 0.315 e. The van der Waals surface area contributed by atoms with E-state index in [1.807, 2.05) is 0 Å². The number of carbonyl (C=O) groups excluding carboxylic acids is 1. The summed E-state index contributed by atoms with van der Waals surface area (Å²) in [5.41, 5.74) is 0.614. The number of rotatable bonds is 3. The predicted molar refractivity (Wildman–Crippen MR) is 84.3 cm³/mol. The Balaban J connectivity index is 1.79. The van der Waals surface area contributed by atoms with Crippen LogP contribution in [-0.2, 0) is 0 Å². The lowest BCUT2D eigenvalue weighted by molar-refractivity contribution is 0.255. The number of anilines is 1. The monoisotopic (exact) mass is 312 g/mol. The van der Waals surface area contributed by atoms with Crippen molar-refractivity contribution < 1.29 is 4.79 Å². The van der Waals surface area contributed by atoms with E-state index in [9.17, 15) is 4.79 Å². The van der Waals surface area contributed by atoms with Gasteiger partial charge >= 0.3 is 6.03 Å². The number of allylic oxidation sites excluding steroid dienone is 1. The van der Waals surface area contributed by atoms with Gasteiger partial charge in [0.05, 0.1) is 10.0 Å². The van der Waals surface area contributed by atoms with Crippen molar-refractivity contribution in [2.45, 2.75) is 32.1 Å². The van der Waals surface area contributed by atoms with Gasteiger partial charge in [-0.25, -0.2) is 4.79 Å². The molecule has 0 radical (unpaired) electrons. The average molecular weight is 313 g/mol. The Morgan fingerprint density at radius 2 is 1.90 bits per heavy atom. The predicted octanol–water partition coefficient (Wildman–Crippen LogP) is 5.21. The van der Waals surface area contributed by atoms with Crippen molar-refractivity contribution in [2.24, 2.45) is 5.92 Å². The molecule has 5 heteroatoms. The highest BCUT2D eigenvalue weighted by Gasteiger charge is 2.09. The molecule has 0 heterocycles. The van der Waals surface area contributed by atoms with E-state index in [1.54, 1.807) is 24.4 Å². The van der Waals surface area contributed by atoms with E-state index in [0.717, 1.165) is 0 Å². The molecule has 0 aromatic heterocycles. The number of benzene rings is 1. The third-order valence-electron chi connectivity index (χ3n) is 3.41. The van der Waals surface area contributed by atoms with Crippen molar-refractivity contribution in [1.29, 1.82) is 0 Å². The fraction of sp³-hybridized carbons (Fsp3) is 0.400. The van der Waals surface area contributed by atoms with Crippen molar-refractivity contribution in [2.75, 3.05) is 5.32 Å². The summed E-state index contributed by atoms with van der Waals surface area (Å²) in [5.74, 6) is 0.592. The lowest BCUT2D eigenvalue weighted by Crippen LogP contribution is -2.24. The first kappa shape index (κ1) is 15.2. The van der Waals surface area contributed by atoms with Crippen LogP contribution in [0.15, 0.2) is 30.5 Å². The van der Waals surface area contributed by atoms with Gasteiger partial charge < -0.3 is 10.6 Å². The van der Waals surface area contributed by atoms with Crippen LogP contribution in [0.3, 0.4) is 0 Å². The Labute approximate surface area is 129 Å². The zero-order valence-electron chi connectivity index (χ0n) is 11.2. The zero-order valence-corrected chi connectivity index (χ0v) is 12.7. The molecular formula is C15H18Cl2N2O. The maximum Gasteiger partial charge on any atom is 0.323 e. The molecule has 0 unspecified atom stereocenters. The van der Waals surface area contributed by atoms with Crippen LogP contribution in [0.4, 0.5) is 10.5 Å². The molecule has 108 valence electrons. The van der Waals surface area contributed by atoms with Gasteiger partial charge in [0.15, 0.2) is 0 Å². The molecule has 1 aromatic rings. The molecule has 1 aliphatic rings. The molecule has 3 nitrogen and oxygen atoms in total. The molecule has 2 rings (SSSR count). The second kappa shape index (κ2) is 7.55. The molecule has 0 saturated heterocycles. The molecule has 0 atom stereocenters. The molecule has 0 aliphatic heterocycles. The normalized spacial score (nSPS) is 16.3. The quantitative estimate of drug-likeness (QED) is 0.790.